The van der Waals surface area contributed by atoms with Crippen molar-refractivity contribution in [1.82, 2.24) is 4.90 Å². The number of Topliss-reactive ketones (excluding diaryl/α,β-unsaturated/α-hetero) is 1. The zero-order valence-electron chi connectivity index (χ0n) is 14.7. The van der Waals surface area contributed by atoms with Crippen molar-refractivity contribution in [3.63, 3.8) is 0 Å². The standard InChI is InChI=1S/C22H27NO/c1-17-8-10-21(11-9-17)22(24)18(2)23-14-12-20(13-15-23)16-19-6-4-3-5-7-19/h3-11,18,20H,12-16H2,1-2H3. The van der Waals surface area contributed by atoms with E-state index in [2.05, 4.69) is 49.1 Å². The third-order valence-corrected chi connectivity index (χ3v) is 5.28. The number of ketones is 1. The van der Waals surface area contributed by atoms with Gasteiger partial charge in [0, 0.05) is 5.56 Å². The molecule has 3 rings (SSSR count). The van der Waals surface area contributed by atoms with Gasteiger partial charge in [-0.1, -0.05) is 60.2 Å². The number of carbonyl (C=O) groups is 1. The number of piperidine rings is 1. The molecule has 1 fully saturated rings. The average molecular weight is 321 g/mol. The quantitative estimate of drug-likeness (QED) is 0.755. The Morgan fingerprint density at radius 1 is 1.04 bits per heavy atom. The highest BCUT2D eigenvalue weighted by molar-refractivity contribution is 5.99. The Balaban J connectivity index is 1.54. The molecule has 0 saturated carbocycles. The van der Waals surface area contributed by atoms with Crippen LogP contribution in [0.3, 0.4) is 0 Å². The van der Waals surface area contributed by atoms with Gasteiger partial charge in [0.25, 0.3) is 0 Å². The molecule has 1 aliphatic heterocycles. The molecule has 2 heteroatoms. The van der Waals surface area contributed by atoms with Gasteiger partial charge in [-0.3, -0.25) is 9.69 Å². The van der Waals surface area contributed by atoms with Gasteiger partial charge in [0.1, 0.15) is 0 Å². The molecule has 0 N–H and O–H groups in total. The maximum Gasteiger partial charge on any atom is 0.179 e. The Kier molecular flexibility index (Phi) is 5.47. The lowest BCUT2D eigenvalue weighted by Gasteiger charge is -2.35. The Morgan fingerprint density at radius 3 is 2.29 bits per heavy atom. The Labute approximate surface area is 145 Å². The largest absolute Gasteiger partial charge is 0.293 e. The Hall–Kier alpha value is -1.93. The number of rotatable bonds is 5. The molecule has 0 radical (unpaired) electrons. The first kappa shape index (κ1) is 16.9. The summed E-state index contributed by atoms with van der Waals surface area (Å²) < 4.78 is 0. The van der Waals surface area contributed by atoms with Gasteiger partial charge >= 0.3 is 0 Å². The summed E-state index contributed by atoms with van der Waals surface area (Å²) in [6.07, 6.45) is 3.52. The second kappa shape index (κ2) is 7.76. The van der Waals surface area contributed by atoms with Crippen LogP contribution in [-0.2, 0) is 6.42 Å². The topological polar surface area (TPSA) is 20.3 Å². The van der Waals surface area contributed by atoms with Crippen molar-refractivity contribution in [3.05, 3.63) is 71.3 Å². The molecule has 2 aromatic rings. The zero-order chi connectivity index (χ0) is 16.9. The van der Waals surface area contributed by atoms with E-state index in [9.17, 15) is 4.79 Å². The smallest absolute Gasteiger partial charge is 0.179 e. The lowest BCUT2D eigenvalue weighted by atomic mass is 9.89. The molecule has 0 aromatic heterocycles. The number of likely N-dealkylation sites (tertiary alicyclic amines) is 1. The van der Waals surface area contributed by atoms with Crippen LogP contribution >= 0.6 is 0 Å². The predicted octanol–water partition coefficient (Wildman–Crippen LogP) is 4.52. The molecule has 1 aliphatic rings. The maximum atomic E-state index is 12.7. The van der Waals surface area contributed by atoms with Crippen molar-refractivity contribution in [2.24, 2.45) is 5.92 Å². The average Bonchev–Trinajstić information content (AvgIpc) is 2.63. The summed E-state index contributed by atoms with van der Waals surface area (Å²) in [7, 11) is 0. The molecule has 2 aromatic carbocycles. The third-order valence-electron chi connectivity index (χ3n) is 5.28. The van der Waals surface area contributed by atoms with Crippen LogP contribution in [0.25, 0.3) is 0 Å². The van der Waals surface area contributed by atoms with Gasteiger partial charge in [0.2, 0.25) is 0 Å². The molecule has 1 atom stereocenters. The number of aryl methyl sites for hydroxylation is 1. The molecule has 1 heterocycles. The molecule has 0 aliphatic carbocycles. The van der Waals surface area contributed by atoms with E-state index in [1.54, 1.807) is 0 Å². The van der Waals surface area contributed by atoms with Crippen LogP contribution in [0, 0.1) is 12.8 Å². The molecule has 1 saturated heterocycles. The van der Waals surface area contributed by atoms with Crippen molar-refractivity contribution >= 4 is 5.78 Å². The predicted molar refractivity (Wildman–Crippen MR) is 99.4 cm³/mol. The van der Waals surface area contributed by atoms with Crippen LogP contribution in [0.2, 0.25) is 0 Å². The van der Waals surface area contributed by atoms with Gasteiger partial charge in [-0.2, -0.15) is 0 Å². The summed E-state index contributed by atoms with van der Waals surface area (Å²) in [6, 6.07) is 18.7. The van der Waals surface area contributed by atoms with E-state index >= 15 is 0 Å². The minimum absolute atomic E-state index is 0.0228. The van der Waals surface area contributed by atoms with E-state index in [-0.39, 0.29) is 11.8 Å². The number of carbonyl (C=O) groups excluding carboxylic acids is 1. The second-order valence-corrected chi connectivity index (χ2v) is 7.08. The van der Waals surface area contributed by atoms with Crippen LogP contribution in [-0.4, -0.2) is 29.8 Å². The zero-order valence-corrected chi connectivity index (χ0v) is 14.7. The van der Waals surface area contributed by atoms with Gasteiger partial charge in [-0.05, 0) is 57.7 Å². The summed E-state index contributed by atoms with van der Waals surface area (Å²) in [6.45, 7) is 6.15. The van der Waals surface area contributed by atoms with Crippen molar-refractivity contribution in [1.29, 1.82) is 0 Å². The molecule has 0 bridgehead atoms. The van der Waals surface area contributed by atoms with Crippen molar-refractivity contribution in [2.45, 2.75) is 39.2 Å². The Morgan fingerprint density at radius 2 is 1.67 bits per heavy atom. The highest BCUT2D eigenvalue weighted by Crippen LogP contribution is 2.24. The van der Waals surface area contributed by atoms with E-state index in [4.69, 9.17) is 0 Å². The van der Waals surface area contributed by atoms with Gasteiger partial charge in [0.15, 0.2) is 5.78 Å². The van der Waals surface area contributed by atoms with Gasteiger partial charge in [0.05, 0.1) is 6.04 Å². The number of hydrogen-bond donors (Lipinski definition) is 0. The van der Waals surface area contributed by atoms with E-state index in [0.29, 0.717) is 0 Å². The summed E-state index contributed by atoms with van der Waals surface area (Å²) >= 11 is 0. The van der Waals surface area contributed by atoms with Gasteiger partial charge < -0.3 is 0 Å². The number of benzene rings is 2. The van der Waals surface area contributed by atoms with Crippen LogP contribution in [0.4, 0.5) is 0 Å². The molecule has 0 amide bonds. The fourth-order valence-corrected chi connectivity index (χ4v) is 3.62. The van der Waals surface area contributed by atoms with Crippen molar-refractivity contribution in [2.75, 3.05) is 13.1 Å². The summed E-state index contributed by atoms with van der Waals surface area (Å²) in [5.41, 5.74) is 3.46. The fraction of sp³-hybridized carbons (Fsp3) is 0.409. The SMILES string of the molecule is Cc1ccc(C(=O)C(C)N2CCC(Cc3ccccc3)CC2)cc1. The number of hydrogen-bond acceptors (Lipinski definition) is 2. The van der Waals surface area contributed by atoms with Crippen LogP contribution in [0.5, 0.6) is 0 Å². The first-order chi connectivity index (χ1) is 11.6. The van der Waals surface area contributed by atoms with Gasteiger partial charge in [-0.25, -0.2) is 0 Å². The molecular formula is C22H27NO. The first-order valence-corrected chi connectivity index (χ1v) is 9.02. The maximum absolute atomic E-state index is 12.7. The van der Waals surface area contributed by atoms with E-state index < -0.39 is 0 Å². The molecular weight excluding hydrogens is 294 g/mol. The van der Waals surface area contributed by atoms with Crippen LogP contribution < -0.4 is 0 Å². The van der Waals surface area contributed by atoms with E-state index in [0.717, 1.165) is 31.0 Å². The minimum Gasteiger partial charge on any atom is -0.293 e. The summed E-state index contributed by atoms with van der Waals surface area (Å²) in [4.78, 5) is 15.0. The van der Waals surface area contributed by atoms with Crippen molar-refractivity contribution < 1.29 is 4.79 Å². The van der Waals surface area contributed by atoms with Crippen LogP contribution in [0.15, 0.2) is 54.6 Å². The fourth-order valence-electron chi connectivity index (χ4n) is 3.62. The highest BCUT2D eigenvalue weighted by Gasteiger charge is 2.27. The molecule has 2 nitrogen and oxygen atoms in total. The van der Waals surface area contributed by atoms with Gasteiger partial charge in [-0.15, -0.1) is 0 Å². The second-order valence-electron chi connectivity index (χ2n) is 7.08. The third kappa shape index (κ3) is 4.12. The normalized spacial score (nSPS) is 17.6. The van der Waals surface area contributed by atoms with Crippen LogP contribution in [0.1, 0.15) is 41.3 Å². The highest BCUT2D eigenvalue weighted by atomic mass is 16.1. The monoisotopic (exact) mass is 321 g/mol. The van der Waals surface area contributed by atoms with E-state index in [1.807, 2.05) is 24.3 Å². The summed E-state index contributed by atoms with van der Waals surface area (Å²) in [5, 5.41) is 0. The lowest BCUT2D eigenvalue weighted by Crippen LogP contribution is -2.44. The molecule has 1 unspecified atom stereocenters. The Bertz CT molecular complexity index is 654. The molecule has 126 valence electrons. The molecule has 0 spiro atoms. The molecule has 24 heavy (non-hydrogen) atoms. The summed E-state index contributed by atoms with van der Waals surface area (Å²) in [5.74, 6) is 0.988. The minimum atomic E-state index is -0.0228. The number of nitrogens with zero attached hydrogens (tertiary/aromatic N) is 1. The van der Waals surface area contributed by atoms with E-state index in [1.165, 1.54) is 24.0 Å². The first-order valence-electron chi connectivity index (χ1n) is 9.02. The van der Waals surface area contributed by atoms with Crippen molar-refractivity contribution in [3.8, 4) is 0 Å². The lowest BCUT2D eigenvalue weighted by molar-refractivity contribution is 0.0771.